The van der Waals surface area contributed by atoms with E-state index in [-0.39, 0.29) is 18.1 Å². The third-order valence-electron chi connectivity index (χ3n) is 5.60. The van der Waals surface area contributed by atoms with Crippen LogP contribution < -0.4 is 0 Å². The maximum atomic E-state index is 13.3. The molecule has 2 heterocycles. The van der Waals surface area contributed by atoms with Crippen LogP contribution in [0.3, 0.4) is 0 Å². The van der Waals surface area contributed by atoms with E-state index in [1.165, 1.54) is 0 Å². The molecule has 1 aromatic carbocycles. The number of hydrogen-bond acceptors (Lipinski definition) is 2. The standard InChI is InChI=1S/C21H27ClN2O2/c1-15-13-19(16(2)24(15)18-8-4-7-17(22)14-18)20(26)23-11-5-9-21(23,3)10-6-12-25/h4,7-8,13-14,25H,5-6,9-12H2,1-3H3. The predicted octanol–water partition coefficient (Wildman–Crippen LogP) is 4.51. The average molecular weight is 375 g/mol. The van der Waals surface area contributed by atoms with Crippen LogP contribution in [-0.4, -0.2) is 39.2 Å². The molecule has 1 atom stereocenters. The second-order valence-electron chi connectivity index (χ2n) is 7.48. The number of aliphatic hydroxyl groups is 1. The van der Waals surface area contributed by atoms with E-state index in [4.69, 9.17) is 11.6 Å². The Labute approximate surface area is 160 Å². The zero-order valence-electron chi connectivity index (χ0n) is 15.8. The molecule has 1 saturated heterocycles. The van der Waals surface area contributed by atoms with E-state index in [0.29, 0.717) is 5.02 Å². The molecule has 1 aliphatic heterocycles. The van der Waals surface area contributed by atoms with Gasteiger partial charge in [-0.15, -0.1) is 0 Å². The third-order valence-corrected chi connectivity index (χ3v) is 5.83. The summed E-state index contributed by atoms with van der Waals surface area (Å²) in [6.07, 6.45) is 3.57. The van der Waals surface area contributed by atoms with Crippen LogP contribution in [0, 0.1) is 13.8 Å². The first-order valence-electron chi connectivity index (χ1n) is 9.25. The molecule has 0 aliphatic carbocycles. The molecule has 1 amide bonds. The summed E-state index contributed by atoms with van der Waals surface area (Å²) in [6.45, 7) is 7.09. The van der Waals surface area contributed by atoms with Crippen LogP contribution in [0.15, 0.2) is 30.3 Å². The molecule has 4 nitrogen and oxygen atoms in total. The smallest absolute Gasteiger partial charge is 0.256 e. The summed E-state index contributed by atoms with van der Waals surface area (Å²) in [5, 5.41) is 9.88. The van der Waals surface area contributed by atoms with Gasteiger partial charge in [0, 0.05) is 40.8 Å². The molecule has 1 fully saturated rings. The molecule has 5 heteroatoms. The van der Waals surface area contributed by atoms with Crippen molar-refractivity contribution >= 4 is 17.5 Å². The Hall–Kier alpha value is -1.78. The minimum Gasteiger partial charge on any atom is -0.396 e. The summed E-state index contributed by atoms with van der Waals surface area (Å²) in [4.78, 5) is 15.3. The van der Waals surface area contributed by atoms with Gasteiger partial charge in [0.25, 0.3) is 5.91 Å². The van der Waals surface area contributed by atoms with Gasteiger partial charge in [-0.25, -0.2) is 0 Å². The molecule has 1 aliphatic rings. The first-order valence-corrected chi connectivity index (χ1v) is 9.63. The molecule has 0 saturated carbocycles. The molecule has 1 unspecified atom stereocenters. The lowest BCUT2D eigenvalue weighted by Gasteiger charge is -2.35. The third kappa shape index (κ3) is 3.40. The Morgan fingerprint density at radius 1 is 1.31 bits per heavy atom. The molecule has 1 aromatic heterocycles. The number of aryl methyl sites for hydroxylation is 1. The lowest BCUT2D eigenvalue weighted by Crippen LogP contribution is -2.45. The highest BCUT2D eigenvalue weighted by Gasteiger charge is 2.40. The molecule has 0 spiro atoms. The number of carbonyl (C=O) groups is 1. The second-order valence-corrected chi connectivity index (χ2v) is 7.92. The second kappa shape index (κ2) is 7.45. The number of nitrogens with zero attached hydrogens (tertiary/aromatic N) is 2. The van der Waals surface area contributed by atoms with Gasteiger partial charge in [-0.1, -0.05) is 17.7 Å². The number of hydrogen-bond donors (Lipinski definition) is 1. The molecule has 26 heavy (non-hydrogen) atoms. The number of rotatable bonds is 5. The minimum absolute atomic E-state index is 0.0873. The van der Waals surface area contributed by atoms with Crippen molar-refractivity contribution in [2.45, 2.75) is 52.0 Å². The molecular weight excluding hydrogens is 348 g/mol. The van der Waals surface area contributed by atoms with Crippen LogP contribution in [0.2, 0.25) is 5.02 Å². The maximum absolute atomic E-state index is 13.3. The van der Waals surface area contributed by atoms with Gasteiger partial charge in [-0.3, -0.25) is 4.79 Å². The van der Waals surface area contributed by atoms with Crippen LogP contribution in [0.4, 0.5) is 0 Å². The number of aromatic nitrogens is 1. The Morgan fingerprint density at radius 2 is 2.08 bits per heavy atom. The van der Waals surface area contributed by atoms with E-state index in [1.54, 1.807) is 0 Å². The number of amides is 1. The van der Waals surface area contributed by atoms with Gasteiger partial charge in [0.1, 0.15) is 0 Å². The lowest BCUT2D eigenvalue weighted by molar-refractivity contribution is 0.0594. The molecular formula is C21H27ClN2O2. The van der Waals surface area contributed by atoms with E-state index >= 15 is 0 Å². The van der Waals surface area contributed by atoms with Gasteiger partial charge in [-0.2, -0.15) is 0 Å². The number of likely N-dealkylation sites (tertiary alicyclic amines) is 1. The fourth-order valence-electron chi connectivity index (χ4n) is 4.23. The van der Waals surface area contributed by atoms with Crippen LogP contribution in [0.1, 0.15) is 54.4 Å². The topological polar surface area (TPSA) is 45.5 Å². The van der Waals surface area contributed by atoms with Crippen LogP contribution in [0.5, 0.6) is 0 Å². The summed E-state index contributed by atoms with van der Waals surface area (Å²) in [5.41, 5.74) is 3.50. The monoisotopic (exact) mass is 374 g/mol. The number of benzene rings is 1. The Balaban J connectivity index is 1.95. The first kappa shape index (κ1) is 19.0. The fourth-order valence-corrected chi connectivity index (χ4v) is 4.41. The van der Waals surface area contributed by atoms with Gasteiger partial charge in [-0.05, 0) is 70.7 Å². The van der Waals surface area contributed by atoms with E-state index in [9.17, 15) is 9.90 Å². The molecule has 1 N–H and O–H groups in total. The van der Waals surface area contributed by atoms with Gasteiger partial charge in [0.2, 0.25) is 0 Å². The lowest BCUT2D eigenvalue weighted by atomic mass is 9.92. The zero-order valence-corrected chi connectivity index (χ0v) is 16.5. The van der Waals surface area contributed by atoms with Crippen LogP contribution in [0.25, 0.3) is 5.69 Å². The zero-order chi connectivity index (χ0) is 18.9. The van der Waals surface area contributed by atoms with Crippen molar-refractivity contribution in [1.82, 2.24) is 9.47 Å². The molecule has 3 rings (SSSR count). The summed E-state index contributed by atoms with van der Waals surface area (Å²) >= 11 is 6.15. The van der Waals surface area contributed by atoms with Gasteiger partial charge >= 0.3 is 0 Å². The van der Waals surface area contributed by atoms with Crippen molar-refractivity contribution in [3.63, 3.8) is 0 Å². The Bertz CT molecular complexity index is 814. The number of halogens is 1. The van der Waals surface area contributed by atoms with Crippen molar-refractivity contribution in [3.8, 4) is 5.69 Å². The van der Waals surface area contributed by atoms with E-state index in [0.717, 1.165) is 54.9 Å². The molecule has 140 valence electrons. The van der Waals surface area contributed by atoms with E-state index in [1.807, 2.05) is 49.1 Å². The molecule has 0 radical (unpaired) electrons. The summed E-state index contributed by atoms with van der Waals surface area (Å²) in [7, 11) is 0. The van der Waals surface area contributed by atoms with Crippen molar-refractivity contribution in [3.05, 3.63) is 52.3 Å². The number of carbonyl (C=O) groups excluding carboxylic acids is 1. The number of aliphatic hydroxyl groups excluding tert-OH is 1. The van der Waals surface area contributed by atoms with Crippen LogP contribution in [-0.2, 0) is 0 Å². The van der Waals surface area contributed by atoms with Crippen molar-refractivity contribution in [1.29, 1.82) is 0 Å². The normalized spacial score (nSPS) is 20.0. The molecule has 2 aromatic rings. The van der Waals surface area contributed by atoms with Crippen LogP contribution >= 0.6 is 11.6 Å². The summed E-state index contributed by atoms with van der Waals surface area (Å²) < 4.78 is 2.08. The van der Waals surface area contributed by atoms with Gasteiger partial charge in [0.15, 0.2) is 0 Å². The van der Waals surface area contributed by atoms with E-state index < -0.39 is 0 Å². The highest BCUT2D eigenvalue weighted by atomic mass is 35.5. The van der Waals surface area contributed by atoms with E-state index in [2.05, 4.69) is 11.5 Å². The van der Waals surface area contributed by atoms with Crippen molar-refractivity contribution in [2.75, 3.05) is 13.2 Å². The quantitative estimate of drug-likeness (QED) is 0.836. The minimum atomic E-state index is -0.168. The largest absolute Gasteiger partial charge is 0.396 e. The summed E-state index contributed by atoms with van der Waals surface area (Å²) in [5.74, 6) is 0.0873. The molecule has 0 bridgehead atoms. The summed E-state index contributed by atoms with van der Waals surface area (Å²) in [6, 6.07) is 9.66. The SMILES string of the molecule is Cc1cc(C(=O)N2CCCC2(C)CCCO)c(C)n1-c1cccc(Cl)c1. The van der Waals surface area contributed by atoms with Gasteiger partial charge < -0.3 is 14.6 Å². The first-order chi connectivity index (χ1) is 12.4. The van der Waals surface area contributed by atoms with Crippen molar-refractivity contribution < 1.29 is 9.90 Å². The maximum Gasteiger partial charge on any atom is 0.256 e. The Kier molecular flexibility index (Phi) is 5.44. The fraction of sp³-hybridized carbons (Fsp3) is 0.476. The highest BCUT2D eigenvalue weighted by Crippen LogP contribution is 2.35. The van der Waals surface area contributed by atoms with Gasteiger partial charge in [0.05, 0.1) is 5.56 Å². The predicted molar refractivity (Wildman–Crippen MR) is 105 cm³/mol. The highest BCUT2D eigenvalue weighted by molar-refractivity contribution is 6.30. The Morgan fingerprint density at radius 3 is 2.77 bits per heavy atom. The average Bonchev–Trinajstić information content (AvgIpc) is 3.13. The van der Waals surface area contributed by atoms with Crippen molar-refractivity contribution in [2.24, 2.45) is 0 Å².